The molecular weight excluding hydrogens is 338 g/mol. The Morgan fingerprint density at radius 2 is 1.89 bits per heavy atom. The Morgan fingerprint density at radius 3 is 2.59 bits per heavy atom. The summed E-state index contributed by atoms with van der Waals surface area (Å²) in [6.07, 6.45) is 1.52. The molecule has 2 N–H and O–H groups in total. The molecule has 0 saturated heterocycles. The van der Waals surface area contributed by atoms with Gasteiger partial charge in [0.05, 0.1) is 0 Å². The summed E-state index contributed by atoms with van der Waals surface area (Å²) in [6, 6.07) is 13.1. The number of urea groups is 1. The maximum Gasteiger partial charge on any atom is 0.326 e. The molecule has 5 heteroatoms. The molecule has 0 aliphatic carbocycles. The molecular formula is C22H27N3O2. The minimum absolute atomic E-state index is 0.0837. The normalized spacial score (nSPS) is 13.3. The summed E-state index contributed by atoms with van der Waals surface area (Å²) in [7, 11) is 0. The van der Waals surface area contributed by atoms with Crippen LogP contribution in [0.5, 0.6) is 0 Å². The fourth-order valence-corrected chi connectivity index (χ4v) is 3.23. The molecule has 1 heterocycles. The molecule has 2 aromatic carbocycles. The Bertz CT molecular complexity index is 874. The van der Waals surface area contributed by atoms with E-state index in [9.17, 15) is 9.59 Å². The minimum Gasteiger partial charge on any atom is -0.347 e. The number of nitrogens with zero attached hydrogens (tertiary/aromatic N) is 1. The molecule has 3 amide bonds. The Balaban J connectivity index is 1.81. The number of anilines is 2. The number of amides is 3. The van der Waals surface area contributed by atoms with Crippen LogP contribution in [0.15, 0.2) is 42.5 Å². The summed E-state index contributed by atoms with van der Waals surface area (Å²) < 4.78 is 0. The molecule has 142 valence electrons. The standard InChI is InChI=1S/C22H27N3O2/c1-5-22(3,4)24-20(26)18-10-7-11-19-17(18)12-13-25(19)21(27)23-16-9-6-8-15(2)14-16/h6-11,14H,5,12-13H2,1-4H3,(H,23,27)(H,24,26). The smallest absolute Gasteiger partial charge is 0.326 e. The lowest BCUT2D eigenvalue weighted by Gasteiger charge is -2.25. The first-order chi connectivity index (χ1) is 12.8. The van der Waals surface area contributed by atoms with Crippen molar-refractivity contribution in [1.82, 2.24) is 5.32 Å². The predicted molar refractivity (Wildman–Crippen MR) is 110 cm³/mol. The molecule has 0 fully saturated rings. The second-order valence-corrected chi connectivity index (χ2v) is 7.70. The van der Waals surface area contributed by atoms with E-state index >= 15 is 0 Å². The van der Waals surface area contributed by atoms with Crippen molar-refractivity contribution >= 4 is 23.3 Å². The molecule has 0 unspecified atom stereocenters. The van der Waals surface area contributed by atoms with Crippen LogP contribution in [0.3, 0.4) is 0 Å². The van der Waals surface area contributed by atoms with Gasteiger partial charge < -0.3 is 10.6 Å². The number of hydrogen-bond acceptors (Lipinski definition) is 2. The topological polar surface area (TPSA) is 61.4 Å². The highest BCUT2D eigenvalue weighted by atomic mass is 16.2. The van der Waals surface area contributed by atoms with E-state index < -0.39 is 0 Å². The molecule has 1 aliphatic rings. The number of rotatable bonds is 4. The van der Waals surface area contributed by atoms with E-state index in [2.05, 4.69) is 10.6 Å². The quantitative estimate of drug-likeness (QED) is 0.837. The first kappa shape index (κ1) is 19.0. The van der Waals surface area contributed by atoms with Gasteiger partial charge in [-0.1, -0.05) is 25.1 Å². The van der Waals surface area contributed by atoms with Gasteiger partial charge in [-0.2, -0.15) is 0 Å². The summed E-state index contributed by atoms with van der Waals surface area (Å²) in [5.74, 6) is -0.0837. The molecule has 27 heavy (non-hydrogen) atoms. The summed E-state index contributed by atoms with van der Waals surface area (Å²) in [5, 5.41) is 6.03. The average Bonchev–Trinajstić information content (AvgIpc) is 3.05. The number of hydrogen-bond donors (Lipinski definition) is 2. The lowest BCUT2D eigenvalue weighted by molar-refractivity contribution is 0.0910. The fourth-order valence-electron chi connectivity index (χ4n) is 3.23. The third kappa shape index (κ3) is 4.13. The minimum atomic E-state index is -0.263. The zero-order chi connectivity index (χ0) is 19.6. The van der Waals surface area contributed by atoms with E-state index in [1.165, 1.54) is 0 Å². The van der Waals surface area contributed by atoms with Crippen molar-refractivity contribution in [2.24, 2.45) is 0 Å². The number of carbonyl (C=O) groups is 2. The maximum atomic E-state index is 12.8. The molecule has 0 spiro atoms. The second kappa shape index (κ2) is 7.43. The zero-order valence-corrected chi connectivity index (χ0v) is 16.4. The first-order valence-electron chi connectivity index (χ1n) is 9.40. The van der Waals surface area contributed by atoms with Crippen LogP contribution in [0.4, 0.5) is 16.2 Å². The second-order valence-electron chi connectivity index (χ2n) is 7.70. The van der Waals surface area contributed by atoms with Crippen molar-refractivity contribution in [2.75, 3.05) is 16.8 Å². The summed E-state index contributed by atoms with van der Waals surface area (Å²) >= 11 is 0. The zero-order valence-electron chi connectivity index (χ0n) is 16.4. The SMILES string of the molecule is CCC(C)(C)NC(=O)c1cccc2c1CCN2C(=O)Nc1cccc(C)c1. The Hall–Kier alpha value is -2.82. The third-order valence-corrected chi connectivity index (χ3v) is 5.12. The van der Waals surface area contributed by atoms with Gasteiger partial charge in [0.2, 0.25) is 0 Å². The predicted octanol–water partition coefficient (Wildman–Crippen LogP) is 4.51. The molecule has 0 aromatic heterocycles. The average molecular weight is 365 g/mol. The van der Waals surface area contributed by atoms with Crippen molar-refractivity contribution in [3.05, 3.63) is 59.2 Å². The van der Waals surface area contributed by atoms with Crippen LogP contribution in [-0.2, 0) is 6.42 Å². The van der Waals surface area contributed by atoms with Crippen LogP contribution < -0.4 is 15.5 Å². The van der Waals surface area contributed by atoms with Crippen LogP contribution in [0.2, 0.25) is 0 Å². The number of benzene rings is 2. The van der Waals surface area contributed by atoms with Gasteiger partial charge in [-0.3, -0.25) is 9.69 Å². The number of aryl methyl sites for hydroxylation is 1. The van der Waals surface area contributed by atoms with Gasteiger partial charge in [-0.05, 0) is 69.0 Å². The van der Waals surface area contributed by atoms with Gasteiger partial charge >= 0.3 is 6.03 Å². The molecule has 3 rings (SSSR count). The van der Waals surface area contributed by atoms with Crippen LogP contribution in [0.1, 0.15) is 48.7 Å². The van der Waals surface area contributed by atoms with Gasteiger partial charge in [0, 0.05) is 29.0 Å². The van der Waals surface area contributed by atoms with Gasteiger partial charge in [0.1, 0.15) is 0 Å². The van der Waals surface area contributed by atoms with Crippen LogP contribution in [-0.4, -0.2) is 24.0 Å². The lowest BCUT2D eigenvalue weighted by atomic mass is 9.99. The highest BCUT2D eigenvalue weighted by Gasteiger charge is 2.29. The largest absolute Gasteiger partial charge is 0.347 e. The highest BCUT2D eigenvalue weighted by molar-refractivity contribution is 6.05. The van der Waals surface area contributed by atoms with Crippen molar-refractivity contribution in [2.45, 2.75) is 46.1 Å². The van der Waals surface area contributed by atoms with Gasteiger partial charge in [-0.15, -0.1) is 0 Å². The van der Waals surface area contributed by atoms with Crippen molar-refractivity contribution in [3.8, 4) is 0 Å². The third-order valence-electron chi connectivity index (χ3n) is 5.12. The van der Waals surface area contributed by atoms with Crippen molar-refractivity contribution in [3.63, 3.8) is 0 Å². The number of fused-ring (bicyclic) bond motifs is 1. The molecule has 1 aliphatic heterocycles. The molecule has 0 atom stereocenters. The monoisotopic (exact) mass is 365 g/mol. The van der Waals surface area contributed by atoms with Crippen molar-refractivity contribution in [1.29, 1.82) is 0 Å². The number of carbonyl (C=O) groups excluding carboxylic acids is 2. The lowest BCUT2D eigenvalue weighted by Crippen LogP contribution is -2.43. The fraction of sp³-hybridized carbons (Fsp3) is 0.364. The summed E-state index contributed by atoms with van der Waals surface area (Å²) in [5.41, 5.74) is 3.99. The van der Waals surface area contributed by atoms with E-state index in [0.29, 0.717) is 18.5 Å². The van der Waals surface area contributed by atoms with E-state index in [1.807, 2.05) is 70.2 Å². The summed E-state index contributed by atoms with van der Waals surface area (Å²) in [4.78, 5) is 27.2. The van der Waals surface area contributed by atoms with Crippen molar-refractivity contribution < 1.29 is 9.59 Å². The Labute approximate surface area is 160 Å². The van der Waals surface area contributed by atoms with Crippen LogP contribution in [0.25, 0.3) is 0 Å². The van der Waals surface area contributed by atoms with Crippen LogP contribution >= 0.6 is 0 Å². The molecule has 0 radical (unpaired) electrons. The highest BCUT2D eigenvalue weighted by Crippen LogP contribution is 2.31. The first-order valence-corrected chi connectivity index (χ1v) is 9.40. The Kier molecular flexibility index (Phi) is 5.22. The van der Waals surface area contributed by atoms with E-state index in [4.69, 9.17) is 0 Å². The molecule has 0 saturated carbocycles. The van der Waals surface area contributed by atoms with Gasteiger partial charge in [0.25, 0.3) is 5.91 Å². The van der Waals surface area contributed by atoms with Gasteiger partial charge in [-0.25, -0.2) is 4.79 Å². The van der Waals surface area contributed by atoms with Crippen LogP contribution in [0, 0.1) is 6.92 Å². The molecule has 5 nitrogen and oxygen atoms in total. The van der Waals surface area contributed by atoms with Gasteiger partial charge in [0.15, 0.2) is 0 Å². The molecule has 2 aromatic rings. The Morgan fingerprint density at radius 1 is 1.15 bits per heavy atom. The number of nitrogens with one attached hydrogen (secondary N) is 2. The molecule has 0 bridgehead atoms. The van der Waals surface area contributed by atoms with E-state index in [-0.39, 0.29) is 17.5 Å². The maximum absolute atomic E-state index is 12.8. The van der Waals surface area contributed by atoms with E-state index in [0.717, 1.165) is 28.9 Å². The summed E-state index contributed by atoms with van der Waals surface area (Å²) in [6.45, 7) is 8.62. The van der Waals surface area contributed by atoms with E-state index in [1.54, 1.807) is 4.90 Å².